The molecule has 0 bridgehead atoms. The monoisotopic (exact) mass is 416 g/mol. The van der Waals surface area contributed by atoms with Crippen LogP contribution in [0.4, 0.5) is 4.79 Å². The number of fused-ring (bicyclic) bond motifs is 1. The molecule has 3 heterocycles. The lowest BCUT2D eigenvalue weighted by molar-refractivity contribution is -0.121. The fourth-order valence-corrected chi connectivity index (χ4v) is 4.13. The van der Waals surface area contributed by atoms with Crippen molar-refractivity contribution in [2.24, 2.45) is 0 Å². The van der Waals surface area contributed by atoms with Crippen molar-refractivity contribution in [1.82, 2.24) is 19.8 Å². The molecule has 0 unspecified atom stereocenters. The number of rotatable bonds is 2. The van der Waals surface area contributed by atoms with Crippen LogP contribution in [0.3, 0.4) is 0 Å². The number of aromatic nitrogens is 2. The molecule has 31 heavy (non-hydrogen) atoms. The fraction of sp³-hybridized carbons (Fsp3) is 0.292. The standard InChI is InChI=1S/C24H24N4O3/c29-21-7-11-27(12-8-21)24(30)28-13-14-31-22-6-5-19(15-20(22)16-28)17-1-3-18(4-2-17)23-25-9-10-26-23/h1-6,9-10,15H,7-8,11-14,16H2,(H,25,26). The third-order valence-electron chi connectivity index (χ3n) is 5.89. The van der Waals surface area contributed by atoms with E-state index in [4.69, 9.17) is 4.74 Å². The number of H-pyrrole nitrogens is 1. The van der Waals surface area contributed by atoms with Crippen molar-refractivity contribution in [2.75, 3.05) is 26.2 Å². The van der Waals surface area contributed by atoms with Crippen molar-refractivity contribution in [3.05, 3.63) is 60.4 Å². The molecule has 1 saturated heterocycles. The minimum atomic E-state index is -0.0165. The van der Waals surface area contributed by atoms with Gasteiger partial charge in [0.05, 0.1) is 13.1 Å². The lowest BCUT2D eigenvalue weighted by atomic mass is 10.0. The molecule has 3 aromatic rings. The van der Waals surface area contributed by atoms with Gasteiger partial charge in [0, 0.05) is 49.5 Å². The molecule has 2 amide bonds. The van der Waals surface area contributed by atoms with Crippen molar-refractivity contribution in [1.29, 1.82) is 0 Å². The van der Waals surface area contributed by atoms with E-state index in [1.54, 1.807) is 11.1 Å². The Morgan fingerprint density at radius 3 is 2.42 bits per heavy atom. The molecule has 7 nitrogen and oxygen atoms in total. The minimum Gasteiger partial charge on any atom is -0.491 e. The largest absolute Gasteiger partial charge is 0.491 e. The number of carbonyl (C=O) groups excluding carboxylic acids is 2. The van der Waals surface area contributed by atoms with E-state index in [1.165, 1.54) is 0 Å². The van der Waals surface area contributed by atoms with E-state index < -0.39 is 0 Å². The molecule has 1 N–H and O–H groups in total. The van der Waals surface area contributed by atoms with Crippen LogP contribution in [0.2, 0.25) is 0 Å². The van der Waals surface area contributed by atoms with Crippen LogP contribution in [0.25, 0.3) is 22.5 Å². The molecule has 7 heteroatoms. The smallest absolute Gasteiger partial charge is 0.320 e. The number of likely N-dealkylation sites (tertiary alicyclic amines) is 1. The Kier molecular flexibility index (Phi) is 5.16. The normalized spacial score (nSPS) is 16.5. The number of hydrogen-bond acceptors (Lipinski definition) is 4. The molecular weight excluding hydrogens is 392 g/mol. The predicted octanol–water partition coefficient (Wildman–Crippen LogP) is 3.72. The van der Waals surface area contributed by atoms with Gasteiger partial charge >= 0.3 is 6.03 Å². The molecule has 0 aliphatic carbocycles. The Labute approximate surface area is 180 Å². The molecule has 2 aromatic carbocycles. The first-order chi connectivity index (χ1) is 15.2. The number of aromatic amines is 1. The van der Waals surface area contributed by atoms with Gasteiger partial charge in [-0.2, -0.15) is 0 Å². The second kappa shape index (κ2) is 8.26. The first-order valence-corrected chi connectivity index (χ1v) is 10.6. The highest BCUT2D eigenvalue weighted by Gasteiger charge is 2.27. The average Bonchev–Trinajstić information content (AvgIpc) is 3.26. The maximum absolute atomic E-state index is 13.0. The number of nitrogens with one attached hydrogen (secondary N) is 1. The van der Waals surface area contributed by atoms with Gasteiger partial charge in [-0.3, -0.25) is 4.79 Å². The number of nitrogens with zero attached hydrogens (tertiary/aromatic N) is 3. The predicted molar refractivity (Wildman–Crippen MR) is 117 cm³/mol. The Morgan fingerprint density at radius 1 is 0.935 bits per heavy atom. The van der Waals surface area contributed by atoms with Gasteiger partial charge in [0.2, 0.25) is 0 Å². The second-order valence-corrected chi connectivity index (χ2v) is 7.92. The molecule has 2 aliphatic rings. The van der Waals surface area contributed by atoms with Crippen LogP contribution < -0.4 is 4.74 Å². The molecule has 1 fully saturated rings. The van der Waals surface area contributed by atoms with Gasteiger partial charge in [0.1, 0.15) is 24.0 Å². The number of ether oxygens (including phenoxy) is 1. The highest BCUT2D eigenvalue weighted by molar-refractivity contribution is 5.83. The van der Waals surface area contributed by atoms with Gasteiger partial charge in [-0.1, -0.05) is 30.3 Å². The number of imidazole rings is 1. The first kappa shape index (κ1) is 19.4. The van der Waals surface area contributed by atoms with E-state index in [-0.39, 0.29) is 11.8 Å². The molecule has 158 valence electrons. The van der Waals surface area contributed by atoms with Gasteiger partial charge in [-0.05, 0) is 23.3 Å². The summed E-state index contributed by atoms with van der Waals surface area (Å²) in [5.74, 6) is 1.90. The summed E-state index contributed by atoms with van der Waals surface area (Å²) in [6, 6.07) is 14.4. The molecule has 0 radical (unpaired) electrons. The Morgan fingerprint density at radius 2 is 1.68 bits per heavy atom. The Balaban J connectivity index is 1.36. The van der Waals surface area contributed by atoms with Crippen LogP contribution in [0.5, 0.6) is 5.75 Å². The van der Waals surface area contributed by atoms with Crippen LogP contribution in [0.1, 0.15) is 18.4 Å². The minimum absolute atomic E-state index is 0.0165. The van der Waals surface area contributed by atoms with Crippen LogP contribution in [-0.2, 0) is 11.3 Å². The van der Waals surface area contributed by atoms with E-state index in [9.17, 15) is 9.59 Å². The topological polar surface area (TPSA) is 78.5 Å². The van der Waals surface area contributed by atoms with Crippen molar-refractivity contribution < 1.29 is 14.3 Å². The highest BCUT2D eigenvalue weighted by atomic mass is 16.5. The lowest BCUT2D eigenvalue weighted by Crippen LogP contribution is -2.47. The van der Waals surface area contributed by atoms with Gasteiger partial charge in [-0.25, -0.2) is 9.78 Å². The zero-order chi connectivity index (χ0) is 21.2. The van der Waals surface area contributed by atoms with Gasteiger partial charge < -0.3 is 19.5 Å². The number of benzene rings is 2. The number of amides is 2. The van der Waals surface area contributed by atoms with E-state index in [1.807, 2.05) is 29.3 Å². The van der Waals surface area contributed by atoms with Crippen LogP contribution in [-0.4, -0.2) is 57.8 Å². The van der Waals surface area contributed by atoms with E-state index in [0.717, 1.165) is 33.8 Å². The first-order valence-electron chi connectivity index (χ1n) is 10.6. The van der Waals surface area contributed by atoms with Gasteiger partial charge in [0.25, 0.3) is 0 Å². The SMILES string of the molecule is O=C1CCN(C(=O)N2CCOc3ccc(-c4ccc(-c5ncc[nH]5)cc4)cc3C2)CC1. The zero-order valence-corrected chi connectivity index (χ0v) is 17.2. The Bertz CT molecular complexity index is 1080. The van der Waals surface area contributed by atoms with Gasteiger partial charge in [0.15, 0.2) is 0 Å². The highest BCUT2D eigenvalue weighted by Crippen LogP contribution is 2.30. The van der Waals surface area contributed by atoms with Crippen molar-refractivity contribution in [3.8, 4) is 28.3 Å². The number of hydrogen-bond donors (Lipinski definition) is 1. The fourth-order valence-electron chi connectivity index (χ4n) is 4.13. The maximum Gasteiger partial charge on any atom is 0.320 e. The number of carbonyl (C=O) groups is 2. The molecule has 0 saturated carbocycles. The van der Waals surface area contributed by atoms with E-state index in [0.29, 0.717) is 45.6 Å². The Hall–Kier alpha value is -3.61. The average molecular weight is 416 g/mol. The van der Waals surface area contributed by atoms with E-state index in [2.05, 4.69) is 34.2 Å². The molecule has 5 rings (SSSR count). The van der Waals surface area contributed by atoms with Gasteiger partial charge in [-0.15, -0.1) is 0 Å². The van der Waals surface area contributed by atoms with Crippen molar-refractivity contribution in [3.63, 3.8) is 0 Å². The molecule has 0 atom stereocenters. The summed E-state index contributed by atoms with van der Waals surface area (Å²) < 4.78 is 5.91. The summed E-state index contributed by atoms with van der Waals surface area (Å²) >= 11 is 0. The number of ketones is 1. The molecule has 2 aliphatic heterocycles. The van der Waals surface area contributed by atoms with Crippen molar-refractivity contribution >= 4 is 11.8 Å². The summed E-state index contributed by atoms with van der Waals surface area (Å²) in [4.78, 5) is 35.5. The number of Topliss-reactive ketones (excluding diaryl/α,β-unsaturated/α-hetero) is 1. The van der Waals surface area contributed by atoms with Crippen LogP contribution in [0, 0.1) is 0 Å². The zero-order valence-electron chi connectivity index (χ0n) is 17.2. The summed E-state index contributed by atoms with van der Waals surface area (Å²) in [6.07, 6.45) is 4.45. The third-order valence-corrected chi connectivity index (χ3v) is 5.89. The number of urea groups is 1. The third kappa shape index (κ3) is 4.03. The number of piperidine rings is 1. The molecule has 1 aromatic heterocycles. The second-order valence-electron chi connectivity index (χ2n) is 7.92. The van der Waals surface area contributed by atoms with E-state index >= 15 is 0 Å². The van der Waals surface area contributed by atoms with Crippen LogP contribution in [0.15, 0.2) is 54.9 Å². The summed E-state index contributed by atoms with van der Waals surface area (Å²) in [7, 11) is 0. The van der Waals surface area contributed by atoms with Crippen LogP contribution >= 0.6 is 0 Å². The summed E-state index contributed by atoms with van der Waals surface area (Å²) in [5, 5.41) is 0. The van der Waals surface area contributed by atoms with Crippen molar-refractivity contribution in [2.45, 2.75) is 19.4 Å². The summed E-state index contributed by atoms with van der Waals surface area (Å²) in [5.41, 5.74) is 4.19. The molecular formula is C24H24N4O3. The molecule has 0 spiro atoms. The maximum atomic E-state index is 13.0. The lowest BCUT2D eigenvalue weighted by Gasteiger charge is -2.31. The quantitative estimate of drug-likeness (QED) is 0.691. The summed E-state index contributed by atoms with van der Waals surface area (Å²) in [6.45, 7) is 2.50.